The van der Waals surface area contributed by atoms with Crippen LogP contribution in [0.5, 0.6) is 0 Å². The minimum absolute atomic E-state index is 0.116. The molecule has 0 N–H and O–H groups in total. The maximum Gasteiger partial charge on any atom is 0.308 e. The Kier molecular flexibility index (Phi) is 36.2. The number of hydrogen-bond acceptors (Lipinski definition) is 2. The van der Waals surface area contributed by atoms with Crippen LogP contribution in [0.25, 0.3) is 0 Å². The molecule has 0 heterocycles. The molecule has 0 aromatic rings. The van der Waals surface area contributed by atoms with Gasteiger partial charge in [-0.15, -0.1) is 0 Å². The van der Waals surface area contributed by atoms with Gasteiger partial charge in [0.2, 0.25) is 0 Å². The first-order valence-corrected chi connectivity index (χ1v) is 19.9. The zero-order valence-corrected chi connectivity index (χ0v) is 29.6. The van der Waals surface area contributed by atoms with Gasteiger partial charge in [0.15, 0.2) is 0 Å². The molecule has 0 rings (SSSR count). The summed E-state index contributed by atoms with van der Waals surface area (Å²) in [7, 11) is 0. The molecule has 252 valence electrons. The number of rotatable bonds is 36. The van der Waals surface area contributed by atoms with E-state index in [9.17, 15) is 4.79 Å². The molecule has 0 aliphatic rings. The minimum Gasteiger partial charge on any atom is -0.465 e. The van der Waals surface area contributed by atoms with Crippen LogP contribution < -0.4 is 0 Å². The number of carbonyl (C=O) groups is 1. The van der Waals surface area contributed by atoms with E-state index < -0.39 is 0 Å². The van der Waals surface area contributed by atoms with Crippen LogP contribution in [0.4, 0.5) is 0 Å². The van der Waals surface area contributed by atoms with Gasteiger partial charge >= 0.3 is 5.97 Å². The van der Waals surface area contributed by atoms with Crippen LogP contribution in [-0.4, -0.2) is 12.6 Å². The predicted octanol–water partition coefficient (Wildman–Crippen LogP) is 14.5. The fraction of sp³-hybridized carbons (Fsp3) is 0.975. The van der Waals surface area contributed by atoms with E-state index in [1.54, 1.807) is 0 Å². The molecule has 0 fully saturated rings. The lowest BCUT2D eigenvalue weighted by Gasteiger charge is -2.16. The van der Waals surface area contributed by atoms with Crippen LogP contribution >= 0.6 is 0 Å². The van der Waals surface area contributed by atoms with Crippen molar-refractivity contribution in [1.29, 1.82) is 0 Å². The van der Waals surface area contributed by atoms with Crippen molar-refractivity contribution in [1.82, 2.24) is 0 Å². The van der Waals surface area contributed by atoms with Crippen molar-refractivity contribution in [3.8, 4) is 0 Å². The average Bonchev–Trinajstić information content (AvgIpc) is 3.00. The molecular weight excluding hydrogens is 512 g/mol. The highest BCUT2D eigenvalue weighted by Gasteiger charge is 2.19. The summed E-state index contributed by atoms with van der Waals surface area (Å²) in [6.07, 6.45) is 45.4. The van der Waals surface area contributed by atoms with E-state index in [0.29, 0.717) is 6.61 Å². The van der Waals surface area contributed by atoms with Crippen molar-refractivity contribution in [2.45, 2.75) is 239 Å². The Morgan fingerprint density at radius 3 is 0.881 bits per heavy atom. The fourth-order valence-corrected chi connectivity index (χ4v) is 6.37. The first kappa shape index (κ1) is 41.5. The van der Waals surface area contributed by atoms with Crippen LogP contribution in [0.15, 0.2) is 0 Å². The number of carbonyl (C=O) groups excluding carboxylic acids is 1. The molecule has 0 amide bonds. The maximum atomic E-state index is 13.0. The molecule has 1 unspecified atom stereocenters. The normalized spacial score (nSPS) is 12.2. The molecular formula is C40H80O2. The summed E-state index contributed by atoms with van der Waals surface area (Å²) in [5.41, 5.74) is 0. The van der Waals surface area contributed by atoms with Gasteiger partial charge in [0.1, 0.15) is 0 Å². The summed E-state index contributed by atoms with van der Waals surface area (Å²) < 4.78 is 5.84. The van der Waals surface area contributed by atoms with E-state index in [1.807, 2.05) is 0 Å². The van der Waals surface area contributed by atoms with E-state index in [0.717, 1.165) is 19.3 Å². The van der Waals surface area contributed by atoms with Crippen molar-refractivity contribution in [3.05, 3.63) is 0 Å². The van der Waals surface area contributed by atoms with Gasteiger partial charge in [0.05, 0.1) is 12.5 Å². The Labute approximate surface area is 266 Å². The van der Waals surface area contributed by atoms with E-state index in [-0.39, 0.29) is 11.9 Å². The van der Waals surface area contributed by atoms with E-state index >= 15 is 0 Å². The highest BCUT2D eigenvalue weighted by molar-refractivity contribution is 5.72. The van der Waals surface area contributed by atoms with Gasteiger partial charge in [-0.2, -0.15) is 0 Å². The van der Waals surface area contributed by atoms with Crippen molar-refractivity contribution in [3.63, 3.8) is 0 Å². The summed E-state index contributed by atoms with van der Waals surface area (Å²) in [5.74, 6) is 0.260. The second-order valence-electron chi connectivity index (χ2n) is 13.7. The average molecular weight is 593 g/mol. The monoisotopic (exact) mass is 593 g/mol. The second kappa shape index (κ2) is 36.7. The number of ether oxygens (including phenoxy) is 1. The third-order valence-electron chi connectivity index (χ3n) is 9.39. The molecule has 0 aromatic heterocycles. The van der Waals surface area contributed by atoms with Crippen molar-refractivity contribution < 1.29 is 9.53 Å². The molecule has 0 aliphatic heterocycles. The fourth-order valence-electron chi connectivity index (χ4n) is 6.37. The molecule has 0 radical (unpaired) electrons. The highest BCUT2D eigenvalue weighted by atomic mass is 16.5. The van der Waals surface area contributed by atoms with Crippen molar-refractivity contribution >= 4 is 5.97 Å². The molecule has 0 aromatic carbocycles. The molecule has 0 bridgehead atoms. The molecule has 2 heteroatoms. The highest BCUT2D eigenvalue weighted by Crippen LogP contribution is 2.22. The first-order valence-electron chi connectivity index (χ1n) is 19.9. The van der Waals surface area contributed by atoms with Gasteiger partial charge in [-0.25, -0.2) is 0 Å². The van der Waals surface area contributed by atoms with Crippen LogP contribution in [0.2, 0.25) is 0 Å². The smallest absolute Gasteiger partial charge is 0.308 e. The summed E-state index contributed by atoms with van der Waals surface area (Å²) in [6.45, 7) is 7.51. The Bertz CT molecular complexity index is 502. The Morgan fingerprint density at radius 2 is 0.595 bits per heavy atom. The molecule has 0 spiro atoms. The van der Waals surface area contributed by atoms with E-state index in [1.165, 1.54) is 199 Å². The van der Waals surface area contributed by atoms with Crippen LogP contribution in [0.1, 0.15) is 239 Å². The third-order valence-corrected chi connectivity index (χ3v) is 9.39. The third kappa shape index (κ3) is 32.4. The molecule has 42 heavy (non-hydrogen) atoms. The van der Waals surface area contributed by atoms with Gasteiger partial charge < -0.3 is 4.74 Å². The Balaban J connectivity index is 4.05. The van der Waals surface area contributed by atoms with Gasteiger partial charge in [-0.1, -0.05) is 220 Å². The van der Waals surface area contributed by atoms with Gasteiger partial charge in [0, 0.05) is 0 Å². The lowest BCUT2D eigenvalue weighted by atomic mass is 9.94. The van der Waals surface area contributed by atoms with Gasteiger partial charge in [-0.3, -0.25) is 4.79 Å². The number of esters is 1. The lowest BCUT2D eigenvalue weighted by molar-refractivity contribution is -0.149. The summed E-state index contributed by atoms with van der Waals surface area (Å²) in [5, 5.41) is 0. The van der Waals surface area contributed by atoms with Crippen LogP contribution in [-0.2, 0) is 9.53 Å². The molecule has 0 aliphatic carbocycles. The Morgan fingerprint density at radius 1 is 0.357 bits per heavy atom. The maximum absolute atomic E-state index is 13.0. The van der Waals surface area contributed by atoms with E-state index in [2.05, 4.69) is 20.8 Å². The topological polar surface area (TPSA) is 26.3 Å². The molecule has 0 saturated heterocycles. The molecule has 2 nitrogen and oxygen atoms in total. The standard InChI is InChI=1S/C40H80O2/c1-4-7-10-13-16-19-22-25-28-31-34-37-39(36-33-30-27-24-21-18-15-12-9-6-3)40(41)42-38-35-32-29-26-23-20-17-14-11-8-5-2/h39H,4-38H2,1-3H3. The molecule has 0 saturated carbocycles. The number of hydrogen-bond donors (Lipinski definition) is 0. The first-order chi connectivity index (χ1) is 20.8. The quantitative estimate of drug-likeness (QED) is 0.0534. The zero-order chi connectivity index (χ0) is 30.6. The second-order valence-corrected chi connectivity index (χ2v) is 13.7. The lowest BCUT2D eigenvalue weighted by Crippen LogP contribution is -2.18. The largest absolute Gasteiger partial charge is 0.465 e. The summed E-state index contributed by atoms with van der Waals surface area (Å²) in [4.78, 5) is 13.0. The SMILES string of the molecule is CCCCCCCCCCCCCOC(=O)C(CCCCCCCCCCCC)CCCCCCCCCCCCC. The minimum atomic E-state index is 0.116. The summed E-state index contributed by atoms with van der Waals surface area (Å²) >= 11 is 0. The van der Waals surface area contributed by atoms with Crippen LogP contribution in [0.3, 0.4) is 0 Å². The zero-order valence-electron chi connectivity index (χ0n) is 29.6. The van der Waals surface area contributed by atoms with Crippen LogP contribution in [0, 0.1) is 5.92 Å². The van der Waals surface area contributed by atoms with E-state index in [4.69, 9.17) is 4.74 Å². The van der Waals surface area contributed by atoms with Crippen molar-refractivity contribution in [2.75, 3.05) is 6.61 Å². The summed E-state index contributed by atoms with van der Waals surface area (Å²) in [6, 6.07) is 0. The van der Waals surface area contributed by atoms with Crippen molar-refractivity contribution in [2.24, 2.45) is 5.92 Å². The van der Waals surface area contributed by atoms with Gasteiger partial charge in [0.25, 0.3) is 0 Å². The predicted molar refractivity (Wildman–Crippen MR) is 188 cm³/mol. The van der Waals surface area contributed by atoms with Gasteiger partial charge in [-0.05, 0) is 19.3 Å². The Hall–Kier alpha value is -0.530. The number of unbranched alkanes of at least 4 members (excludes halogenated alkanes) is 29. The molecule has 1 atom stereocenters.